The second-order valence-electron chi connectivity index (χ2n) is 17.0. The summed E-state index contributed by atoms with van der Waals surface area (Å²) in [5.41, 5.74) is -2.48. The van der Waals surface area contributed by atoms with Crippen LogP contribution in [0.3, 0.4) is 0 Å². The number of hydrogen-bond acceptors (Lipinski definition) is 13. The van der Waals surface area contributed by atoms with Crippen molar-refractivity contribution in [3.8, 4) is 6.07 Å². The Kier molecular flexibility index (Phi) is 11.5. The van der Waals surface area contributed by atoms with Gasteiger partial charge in [0, 0.05) is 43.1 Å². The van der Waals surface area contributed by atoms with Gasteiger partial charge in [0.25, 0.3) is 0 Å². The van der Waals surface area contributed by atoms with Gasteiger partial charge in [0.2, 0.25) is 32.1 Å². The molecule has 4 aromatic rings. The van der Waals surface area contributed by atoms with Crippen molar-refractivity contribution in [2.45, 2.75) is 87.0 Å². The van der Waals surface area contributed by atoms with Crippen LogP contribution in [0.2, 0.25) is 0 Å². The van der Waals surface area contributed by atoms with Crippen molar-refractivity contribution in [3.05, 3.63) is 89.8 Å². The Hall–Kier alpha value is -4.88. The monoisotopic (exact) mass is 902 g/mol. The molecule has 14 nitrogen and oxygen atoms in total. The molecule has 64 heavy (non-hydrogen) atoms. The maximum absolute atomic E-state index is 13.8. The third-order valence-electron chi connectivity index (χ3n) is 14.6. The molecule has 0 spiro atoms. The van der Waals surface area contributed by atoms with E-state index in [9.17, 15) is 34.7 Å². The van der Waals surface area contributed by atoms with Gasteiger partial charge in [-0.1, -0.05) is 80.3 Å². The van der Waals surface area contributed by atoms with E-state index in [1.165, 1.54) is 9.80 Å². The molecular formula is C46H44B2N4O10S2. The molecule has 4 amide bonds. The van der Waals surface area contributed by atoms with Crippen LogP contribution in [0.25, 0.3) is 26.4 Å². The summed E-state index contributed by atoms with van der Waals surface area (Å²) < 4.78 is 32.2. The van der Waals surface area contributed by atoms with E-state index >= 15 is 0 Å². The number of nitriles is 1. The van der Waals surface area contributed by atoms with Crippen LogP contribution < -0.4 is 9.80 Å². The molecule has 6 aliphatic rings. The Balaban J connectivity index is 0.000000173. The number of carbonyl (C=O) groups excluding carboxylic acids is 4. The van der Waals surface area contributed by atoms with Gasteiger partial charge < -0.3 is 29.0 Å². The van der Waals surface area contributed by atoms with E-state index in [1.807, 2.05) is 38.1 Å². The minimum atomic E-state index is -1.12. The standard InChI is InChI=1S/C23H22BN2O5S.C23H22N2O5.BS/c1-2-23-17(27)11-22(31-23,9-10-30-32-24)18-19(23)21(29)26(20(18)28)16-8-7-13(12-25)14-5-3-4-6-15(14)16;1-3-23-17(27)12-22(30-23,10-11-26)18-19(23)21(29)25(20(18)28)16-9-8-15(24-2)13-6-4-5-7-14(13)16;1-2/h3-8,17-19,24,27H,2,9-11H2,1H3;4-9,17-19,26-27H,3,10-12H2,1H3;/t2*17-,18+,19-,22?,23?;/m01./s1/i24T;26T;. The number of aliphatic hydroxyl groups is 3. The van der Waals surface area contributed by atoms with Crippen molar-refractivity contribution >= 4 is 100.0 Å². The van der Waals surface area contributed by atoms with Gasteiger partial charge in [0.15, 0.2) is 5.69 Å². The van der Waals surface area contributed by atoms with Crippen LogP contribution in [0.4, 0.5) is 17.1 Å². The first-order valence-corrected chi connectivity index (χ1v) is 22.3. The van der Waals surface area contributed by atoms with Crippen LogP contribution in [0.15, 0.2) is 72.8 Å². The molecular weight excluding hydrogens is 854 g/mol. The Morgan fingerprint density at radius 3 is 1.81 bits per heavy atom. The van der Waals surface area contributed by atoms with Crippen molar-refractivity contribution < 1.29 is 48.2 Å². The Morgan fingerprint density at radius 1 is 0.828 bits per heavy atom. The van der Waals surface area contributed by atoms with Crippen molar-refractivity contribution in [1.29, 1.82) is 8.03 Å². The van der Waals surface area contributed by atoms with Gasteiger partial charge >= 0.3 is 18.8 Å². The predicted molar refractivity (Wildman–Crippen MR) is 243 cm³/mol. The van der Waals surface area contributed by atoms with E-state index in [2.05, 4.69) is 34.8 Å². The van der Waals surface area contributed by atoms with Gasteiger partial charge in [-0.3, -0.25) is 19.2 Å². The van der Waals surface area contributed by atoms with Gasteiger partial charge in [-0.25, -0.2) is 14.6 Å². The fourth-order valence-electron chi connectivity index (χ4n) is 12.0. The van der Waals surface area contributed by atoms with Crippen molar-refractivity contribution in [1.82, 2.24) is 0 Å². The Labute approximate surface area is 384 Å². The van der Waals surface area contributed by atoms with Crippen molar-refractivity contribution in [2.24, 2.45) is 23.7 Å². The molecule has 0 aromatic heterocycles. The molecule has 6 aliphatic heterocycles. The zero-order valence-corrected chi connectivity index (χ0v) is 36.6. The number of imide groups is 2. The number of nitrogens with zero attached hydrogens (tertiary/aromatic N) is 4. The average molecular weight is 903 g/mol. The molecule has 10 atom stereocenters. The first-order chi connectivity index (χ1) is 31.9. The molecule has 0 saturated carbocycles. The molecule has 0 aliphatic carbocycles. The number of hydrogen-bond donors (Lipinski definition) is 3. The van der Waals surface area contributed by atoms with Gasteiger partial charge in [-0.15, -0.1) is 0 Å². The number of rotatable bonds is 12. The Bertz CT molecular complexity index is 2730. The van der Waals surface area contributed by atoms with Gasteiger partial charge in [-0.05, 0) is 43.1 Å². The summed E-state index contributed by atoms with van der Waals surface area (Å²) in [6, 6.07) is 23.1. The number of amides is 4. The zero-order valence-electron chi connectivity index (χ0n) is 37.0. The van der Waals surface area contributed by atoms with Crippen molar-refractivity contribution in [3.63, 3.8) is 0 Å². The van der Waals surface area contributed by atoms with E-state index in [0.717, 1.165) is 19.0 Å². The van der Waals surface area contributed by atoms with Crippen LogP contribution in [-0.4, -0.2) is 103 Å². The van der Waals surface area contributed by atoms with Crippen molar-refractivity contribution in [2.75, 3.05) is 23.0 Å². The molecule has 6 fully saturated rings. The van der Waals surface area contributed by atoms with E-state index < -0.39 is 58.3 Å². The minimum absolute atomic E-state index is 0.0415. The molecule has 18 heteroatoms. The Morgan fingerprint density at radius 2 is 1.31 bits per heavy atom. The molecule has 4 bridgehead atoms. The third kappa shape index (κ3) is 6.29. The molecule has 10 rings (SSSR count). The number of benzene rings is 4. The van der Waals surface area contributed by atoms with E-state index in [1.54, 1.807) is 48.5 Å². The summed E-state index contributed by atoms with van der Waals surface area (Å²) in [4.78, 5) is 61.0. The fraction of sp³-hybridized carbons (Fsp3) is 0.435. The maximum atomic E-state index is 13.8. The molecule has 4 aromatic carbocycles. The molecule has 6 saturated heterocycles. The molecule has 326 valence electrons. The second kappa shape index (κ2) is 17.2. The van der Waals surface area contributed by atoms with Gasteiger partial charge in [0.05, 0.1) is 83.3 Å². The molecule has 4 unspecified atom stereocenters. The number of aliphatic hydroxyl groups excluding tert-OH is 3. The van der Waals surface area contributed by atoms with E-state index in [4.69, 9.17) is 23.0 Å². The normalized spacial score (nSPS) is 33.2. The zero-order chi connectivity index (χ0) is 47.3. The first-order valence-electron chi connectivity index (χ1n) is 22.0. The first kappa shape index (κ1) is 43.0. The summed E-state index contributed by atoms with van der Waals surface area (Å²) in [6.45, 7) is 15.5. The van der Waals surface area contributed by atoms with Crippen LogP contribution in [0, 0.1) is 41.6 Å². The number of ether oxygens (including phenoxy) is 2. The van der Waals surface area contributed by atoms with E-state index in [0.29, 0.717) is 63.4 Å². The summed E-state index contributed by atoms with van der Waals surface area (Å²) in [5.74, 6) is -4.51. The molecule has 2 radical (unpaired) electrons. The summed E-state index contributed by atoms with van der Waals surface area (Å²) in [5, 5.41) is 38.5. The van der Waals surface area contributed by atoms with Gasteiger partial charge in [0.1, 0.15) is 11.2 Å². The number of carbonyl (C=O) groups is 4. The number of anilines is 2. The van der Waals surface area contributed by atoms with Crippen LogP contribution in [0.5, 0.6) is 0 Å². The molecule has 6 heterocycles. The quantitative estimate of drug-likeness (QED) is 0.0554. The fourth-order valence-corrected chi connectivity index (χ4v) is 12.2. The second-order valence-corrected chi connectivity index (χ2v) is 17.4. The third-order valence-corrected chi connectivity index (χ3v) is 14.9. The molecule has 3 N–H and O–H groups in total. The SMILES string of the molecule is [3H]OCCC12C[C@@H](O)C(CC)(O1)[C@H]1C(=O)N(c3ccc([N+]#[C-])c4ccccc34)C(=O)[C@H]12.[3H][B]SOCCC12C[C@H](O)C(CC)(O1)[C@@H]1C(=O)N(c3ccc(C#N)c4ccccc34)C(=O)[C@@H]12.[B]=S. The van der Waals surface area contributed by atoms with Crippen LogP contribution in [-0.2, 0) is 32.8 Å². The van der Waals surface area contributed by atoms with Crippen LogP contribution >= 0.6 is 23.9 Å². The summed E-state index contributed by atoms with van der Waals surface area (Å²) in [7, 11) is 1.07. The van der Waals surface area contributed by atoms with E-state index in [-0.39, 0.29) is 56.1 Å². The number of fused-ring (bicyclic) bond motifs is 12. The predicted octanol–water partition coefficient (Wildman–Crippen LogP) is 5.20. The summed E-state index contributed by atoms with van der Waals surface area (Å²) in [6.07, 6.45) is 0.111. The summed E-state index contributed by atoms with van der Waals surface area (Å²) >= 11 is 4.47. The average Bonchev–Trinajstić information content (AvgIpc) is 4.13. The van der Waals surface area contributed by atoms with Crippen LogP contribution in [0.1, 0.15) is 57.9 Å². The van der Waals surface area contributed by atoms with Gasteiger partial charge in [-0.2, -0.15) is 5.26 Å². The topological polar surface area (TPSA) is 191 Å².